The fraction of sp³-hybridized carbons (Fsp3) is 0.115. The zero-order valence-corrected chi connectivity index (χ0v) is 19.4. The Balaban J connectivity index is 1.43. The molecule has 0 radical (unpaired) electrons. The summed E-state index contributed by atoms with van der Waals surface area (Å²) in [7, 11) is -4.11. The SMILES string of the molecule is O=C(COc1ccccc1)N(Cc1ccc(OS(=O)(=O)c2ccc(F)cc2)cc1)Cc1ccco1. The molecular weight excluding hydrogens is 473 g/mol. The van der Waals surface area contributed by atoms with Gasteiger partial charge in [0, 0.05) is 6.54 Å². The van der Waals surface area contributed by atoms with Gasteiger partial charge in [-0.15, -0.1) is 0 Å². The third-order valence-corrected chi connectivity index (χ3v) is 6.25. The second-order valence-corrected chi connectivity index (χ2v) is 9.11. The number of halogens is 1. The number of furan rings is 1. The van der Waals surface area contributed by atoms with E-state index in [0.29, 0.717) is 11.5 Å². The number of rotatable bonds is 10. The lowest BCUT2D eigenvalue weighted by Gasteiger charge is -2.22. The molecule has 4 rings (SSSR count). The average Bonchev–Trinajstić information content (AvgIpc) is 3.37. The molecule has 0 saturated heterocycles. The maximum atomic E-state index is 13.1. The lowest BCUT2D eigenvalue weighted by atomic mass is 10.2. The first kappa shape index (κ1) is 24.0. The molecule has 35 heavy (non-hydrogen) atoms. The lowest BCUT2D eigenvalue weighted by Crippen LogP contribution is -2.34. The van der Waals surface area contributed by atoms with Crippen LogP contribution in [0.25, 0.3) is 0 Å². The molecule has 0 unspecified atom stereocenters. The molecule has 0 N–H and O–H groups in total. The standard InChI is InChI=1S/C26H22FNO6S/c27-21-10-14-25(15-11-21)35(30,31)34-23-12-8-20(9-13-23)17-28(18-24-7-4-16-32-24)26(29)19-33-22-5-2-1-3-6-22/h1-16H,17-19H2. The molecule has 7 nitrogen and oxygen atoms in total. The van der Waals surface area contributed by atoms with Crippen molar-refractivity contribution in [1.29, 1.82) is 0 Å². The van der Waals surface area contributed by atoms with Crippen LogP contribution in [0.5, 0.6) is 11.5 Å². The highest BCUT2D eigenvalue weighted by Crippen LogP contribution is 2.21. The van der Waals surface area contributed by atoms with Crippen molar-refractivity contribution < 1.29 is 30.9 Å². The molecule has 0 saturated carbocycles. The van der Waals surface area contributed by atoms with Crippen LogP contribution < -0.4 is 8.92 Å². The van der Waals surface area contributed by atoms with Crippen molar-refractivity contribution in [3.63, 3.8) is 0 Å². The van der Waals surface area contributed by atoms with Gasteiger partial charge < -0.3 is 18.2 Å². The molecule has 0 bridgehead atoms. The van der Waals surface area contributed by atoms with Crippen LogP contribution in [0.15, 0.2) is 107 Å². The second-order valence-electron chi connectivity index (χ2n) is 7.57. The average molecular weight is 496 g/mol. The summed E-state index contributed by atoms with van der Waals surface area (Å²) in [4.78, 5) is 14.3. The van der Waals surface area contributed by atoms with Crippen molar-refractivity contribution >= 4 is 16.0 Å². The van der Waals surface area contributed by atoms with Crippen LogP contribution in [0.3, 0.4) is 0 Å². The summed E-state index contributed by atoms with van der Waals surface area (Å²) in [6, 6.07) is 23.2. The van der Waals surface area contributed by atoms with E-state index in [9.17, 15) is 17.6 Å². The molecule has 0 aliphatic heterocycles. The number of hydrogen-bond acceptors (Lipinski definition) is 6. The van der Waals surface area contributed by atoms with Crippen LogP contribution in [-0.2, 0) is 28.0 Å². The molecular formula is C26H22FNO6S. The Morgan fingerprint density at radius 3 is 2.20 bits per heavy atom. The van der Waals surface area contributed by atoms with E-state index in [2.05, 4.69) is 0 Å². The third-order valence-electron chi connectivity index (χ3n) is 4.99. The second kappa shape index (κ2) is 10.9. The fourth-order valence-corrected chi connectivity index (χ4v) is 4.15. The predicted octanol–water partition coefficient (Wildman–Crippen LogP) is 4.79. The van der Waals surface area contributed by atoms with Crippen molar-refractivity contribution in [3.8, 4) is 11.5 Å². The Hall–Kier alpha value is -4.11. The molecule has 4 aromatic rings. The summed E-state index contributed by atoms with van der Waals surface area (Å²) in [6.07, 6.45) is 1.53. The van der Waals surface area contributed by atoms with Gasteiger partial charge in [0.15, 0.2) is 6.61 Å². The molecule has 0 aliphatic rings. The third kappa shape index (κ3) is 6.70. The van der Waals surface area contributed by atoms with E-state index in [-0.39, 0.29) is 36.2 Å². The minimum absolute atomic E-state index is 0.0920. The summed E-state index contributed by atoms with van der Waals surface area (Å²) in [5, 5.41) is 0. The number of carbonyl (C=O) groups is 1. The van der Waals surface area contributed by atoms with Gasteiger partial charge in [-0.2, -0.15) is 8.42 Å². The molecule has 1 amide bonds. The lowest BCUT2D eigenvalue weighted by molar-refractivity contribution is -0.134. The largest absolute Gasteiger partial charge is 0.484 e. The highest BCUT2D eigenvalue weighted by molar-refractivity contribution is 7.87. The van der Waals surface area contributed by atoms with E-state index in [0.717, 1.165) is 29.8 Å². The van der Waals surface area contributed by atoms with Gasteiger partial charge in [-0.3, -0.25) is 4.79 Å². The highest BCUT2D eigenvalue weighted by Gasteiger charge is 2.19. The quantitative estimate of drug-likeness (QED) is 0.294. The van der Waals surface area contributed by atoms with Gasteiger partial charge in [-0.1, -0.05) is 30.3 Å². The van der Waals surface area contributed by atoms with Crippen LogP contribution in [-0.4, -0.2) is 25.8 Å². The monoisotopic (exact) mass is 495 g/mol. The normalized spacial score (nSPS) is 11.1. The van der Waals surface area contributed by atoms with Gasteiger partial charge in [0.2, 0.25) is 0 Å². The van der Waals surface area contributed by atoms with Crippen LogP contribution >= 0.6 is 0 Å². The molecule has 9 heteroatoms. The number of ether oxygens (including phenoxy) is 1. The van der Waals surface area contributed by atoms with E-state index in [1.54, 1.807) is 41.3 Å². The van der Waals surface area contributed by atoms with E-state index in [1.165, 1.54) is 18.4 Å². The first-order chi connectivity index (χ1) is 16.9. The summed E-state index contributed by atoms with van der Waals surface area (Å²) < 4.78 is 54.0. The maximum absolute atomic E-state index is 13.1. The smallest absolute Gasteiger partial charge is 0.339 e. The predicted molar refractivity (Wildman–Crippen MR) is 126 cm³/mol. The van der Waals surface area contributed by atoms with Crippen LogP contribution in [0.2, 0.25) is 0 Å². The molecule has 0 aliphatic carbocycles. The van der Waals surface area contributed by atoms with Crippen LogP contribution in [0, 0.1) is 5.82 Å². The zero-order chi connectivity index (χ0) is 24.7. The number of para-hydroxylation sites is 1. The highest BCUT2D eigenvalue weighted by atomic mass is 32.2. The van der Waals surface area contributed by atoms with Crippen molar-refractivity contribution in [2.24, 2.45) is 0 Å². The minimum Gasteiger partial charge on any atom is -0.484 e. The zero-order valence-electron chi connectivity index (χ0n) is 18.5. The number of benzene rings is 3. The number of hydrogen-bond donors (Lipinski definition) is 0. The first-order valence-corrected chi connectivity index (χ1v) is 12.1. The van der Waals surface area contributed by atoms with E-state index in [4.69, 9.17) is 13.3 Å². The Bertz CT molecular complexity index is 1340. The molecule has 1 aromatic heterocycles. The summed E-state index contributed by atoms with van der Waals surface area (Å²) >= 11 is 0. The molecule has 0 atom stereocenters. The fourth-order valence-electron chi connectivity index (χ4n) is 3.22. The Morgan fingerprint density at radius 2 is 1.54 bits per heavy atom. The van der Waals surface area contributed by atoms with Gasteiger partial charge in [0.1, 0.15) is 28.0 Å². The Kier molecular flexibility index (Phi) is 7.47. The van der Waals surface area contributed by atoms with Crippen molar-refractivity contribution in [2.45, 2.75) is 18.0 Å². The van der Waals surface area contributed by atoms with Crippen molar-refractivity contribution in [3.05, 3.63) is 114 Å². The molecule has 180 valence electrons. The van der Waals surface area contributed by atoms with Crippen molar-refractivity contribution in [1.82, 2.24) is 4.90 Å². The Labute approximate surface area is 202 Å². The van der Waals surface area contributed by atoms with Gasteiger partial charge in [-0.25, -0.2) is 4.39 Å². The van der Waals surface area contributed by atoms with E-state index in [1.807, 2.05) is 18.2 Å². The summed E-state index contributed by atoms with van der Waals surface area (Å²) in [6.45, 7) is 0.325. The minimum atomic E-state index is -4.11. The van der Waals surface area contributed by atoms with Gasteiger partial charge in [0.25, 0.3) is 5.91 Å². The first-order valence-electron chi connectivity index (χ1n) is 10.7. The summed E-state index contributed by atoms with van der Waals surface area (Å²) in [5.41, 5.74) is 0.746. The van der Waals surface area contributed by atoms with Gasteiger partial charge in [0.05, 0.1) is 12.8 Å². The number of amides is 1. The van der Waals surface area contributed by atoms with E-state index >= 15 is 0 Å². The number of carbonyl (C=O) groups excluding carboxylic acids is 1. The maximum Gasteiger partial charge on any atom is 0.339 e. The molecule has 1 heterocycles. The van der Waals surface area contributed by atoms with Crippen LogP contribution in [0.1, 0.15) is 11.3 Å². The topological polar surface area (TPSA) is 86.0 Å². The Morgan fingerprint density at radius 1 is 0.829 bits per heavy atom. The molecule has 3 aromatic carbocycles. The summed E-state index contributed by atoms with van der Waals surface area (Å²) in [5.74, 6) is 0.501. The molecule has 0 fully saturated rings. The van der Waals surface area contributed by atoms with Gasteiger partial charge >= 0.3 is 10.1 Å². The van der Waals surface area contributed by atoms with Crippen molar-refractivity contribution in [2.75, 3.05) is 6.61 Å². The van der Waals surface area contributed by atoms with E-state index < -0.39 is 15.9 Å². The van der Waals surface area contributed by atoms with Crippen LogP contribution in [0.4, 0.5) is 4.39 Å². The van der Waals surface area contributed by atoms with Gasteiger partial charge in [-0.05, 0) is 66.2 Å². The molecule has 0 spiro atoms. The number of nitrogens with zero attached hydrogens (tertiary/aromatic N) is 1.